The summed E-state index contributed by atoms with van der Waals surface area (Å²) in [5.74, 6) is -3.09. The van der Waals surface area contributed by atoms with Gasteiger partial charge in [-0.2, -0.15) is 4.98 Å². The standard InChI is InChI=1S/C20H20N6O6/c21-20-25-16-13(18(30)26-20)7-10(9-23-16)8-22-12-3-1-11(2-4-12)17(29)24-14(19(31)32)5-6-15(27)28/h1-4,7,9,14,22H,5-6,8H2,(H,24,29)(H,27,28)(H,31,32)(H3,21,23,25,26,30)/t14-/m1/s1. The zero-order chi connectivity index (χ0) is 23.3. The number of amides is 1. The van der Waals surface area contributed by atoms with Crippen molar-refractivity contribution in [3.63, 3.8) is 0 Å². The van der Waals surface area contributed by atoms with Gasteiger partial charge in [-0.1, -0.05) is 0 Å². The number of nitrogen functional groups attached to an aromatic ring is 1. The van der Waals surface area contributed by atoms with Crippen LogP contribution >= 0.6 is 0 Å². The number of hydrogen-bond donors (Lipinski definition) is 6. The summed E-state index contributed by atoms with van der Waals surface area (Å²) in [5.41, 5.74) is 6.97. The van der Waals surface area contributed by atoms with Gasteiger partial charge in [0.1, 0.15) is 6.04 Å². The van der Waals surface area contributed by atoms with E-state index in [-0.39, 0.29) is 35.6 Å². The van der Waals surface area contributed by atoms with Crippen molar-refractivity contribution in [1.82, 2.24) is 20.3 Å². The summed E-state index contributed by atoms with van der Waals surface area (Å²) in [7, 11) is 0. The van der Waals surface area contributed by atoms with Crippen LogP contribution in [0.15, 0.2) is 41.3 Å². The second-order valence-electron chi connectivity index (χ2n) is 6.89. The fourth-order valence-electron chi connectivity index (χ4n) is 2.89. The van der Waals surface area contributed by atoms with Crippen LogP contribution in [0.25, 0.3) is 11.0 Å². The lowest BCUT2D eigenvalue weighted by Gasteiger charge is -2.14. The Labute approximate surface area is 180 Å². The van der Waals surface area contributed by atoms with Gasteiger partial charge in [-0.15, -0.1) is 0 Å². The van der Waals surface area contributed by atoms with Crippen molar-refractivity contribution in [3.8, 4) is 0 Å². The van der Waals surface area contributed by atoms with E-state index >= 15 is 0 Å². The average Bonchev–Trinajstić information content (AvgIpc) is 2.75. The zero-order valence-corrected chi connectivity index (χ0v) is 16.7. The van der Waals surface area contributed by atoms with E-state index < -0.39 is 23.9 Å². The molecule has 3 aromatic rings. The number of nitrogens with two attached hydrogens (primary N) is 1. The lowest BCUT2D eigenvalue weighted by atomic mass is 10.1. The smallest absolute Gasteiger partial charge is 0.326 e. The summed E-state index contributed by atoms with van der Waals surface area (Å²) in [6, 6.07) is 6.61. The number of fused-ring (bicyclic) bond motifs is 1. The van der Waals surface area contributed by atoms with Crippen LogP contribution in [0.4, 0.5) is 11.6 Å². The Morgan fingerprint density at radius 3 is 2.53 bits per heavy atom. The van der Waals surface area contributed by atoms with Crippen LogP contribution in [0.3, 0.4) is 0 Å². The summed E-state index contributed by atoms with van der Waals surface area (Å²) in [4.78, 5) is 56.6. The van der Waals surface area contributed by atoms with Gasteiger partial charge >= 0.3 is 11.9 Å². The molecule has 2 aromatic heterocycles. The summed E-state index contributed by atoms with van der Waals surface area (Å²) in [6.45, 7) is 0.342. The molecule has 12 nitrogen and oxygen atoms in total. The lowest BCUT2D eigenvalue weighted by molar-refractivity contribution is -0.140. The molecule has 32 heavy (non-hydrogen) atoms. The number of anilines is 2. The summed E-state index contributed by atoms with van der Waals surface area (Å²) < 4.78 is 0. The highest BCUT2D eigenvalue weighted by molar-refractivity contribution is 5.97. The minimum absolute atomic E-state index is 0.0124. The normalized spacial score (nSPS) is 11.6. The van der Waals surface area contributed by atoms with Crippen molar-refractivity contribution in [2.24, 2.45) is 0 Å². The zero-order valence-electron chi connectivity index (χ0n) is 16.7. The van der Waals surface area contributed by atoms with Crippen LogP contribution in [0.2, 0.25) is 0 Å². The Balaban J connectivity index is 1.62. The van der Waals surface area contributed by atoms with Gasteiger partial charge in [0.15, 0.2) is 5.65 Å². The van der Waals surface area contributed by atoms with E-state index in [2.05, 4.69) is 25.6 Å². The van der Waals surface area contributed by atoms with Gasteiger partial charge in [-0.3, -0.25) is 19.4 Å². The predicted octanol–water partition coefficient (Wildman–Crippen LogP) is 0.560. The van der Waals surface area contributed by atoms with Crippen molar-refractivity contribution in [3.05, 3.63) is 58.0 Å². The monoisotopic (exact) mass is 440 g/mol. The molecule has 0 saturated carbocycles. The summed E-state index contributed by atoms with van der Waals surface area (Å²) in [5, 5.41) is 23.6. The Morgan fingerprint density at radius 2 is 1.88 bits per heavy atom. The number of rotatable bonds is 9. The first-order chi connectivity index (χ1) is 15.2. The predicted molar refractivity (Wildman–Crippen MR) is 114 cm³/mol. The topological polar surface area (TPSA) is 200 Å². The van der Waals surface area contributed by atoms with Gasteiger partial charge in [0.2, 0.25) is 5.95 Å². The highest BCUT2D eigenvalue weighted by Gasteiger charge is 2.21. The van der Waals surface area contributed by atoms with Crippen LogP contribution in [0, 0.1) is 0 Å². The first kappa shape index (κ1) is 22.2. The first-order valence-corrected chi connectivity index (χ1v) is 9.47. The molecule has 1 atom stereocenters. The number of pyridine rings is 1. The fourth-order valence-corrected chi connectivity index (χ4v) is 2.89. The van der Waals surface area contributed by atoms with E-state index in [0.717, 1.165) is 5.56 Å². The molecule has 0 aliphatic rings. The van der Waals surface area contributed by atoms with Gasteiger partial charge in [-0.05, 0) is 42.3 Å². The van der Waals surface area contributed by atoms with E-state index in [9.17, 15) is 19.2 Å². The molecule has 0 aliphatic carbocycles. The molecular weight excluding hydrogens is 420 g/mol. The number of aliphatic carboxylic acids is 2. The molecule has 0 radical (unpaired) electrons. The van der Waals surface area contributed by atoms with E-state index in [1.807, 2.05) is 0 Å². The largest absolute Gasteiger partial charge is 0.481 e. The second-order valence-corrected chi connectivity index (χ2v) is 6.89. The molecule has 1 aromatic carbocycles. The van der Waals surface area contributed by atoms with Gasteiger partial charge < -0.3 is 26.6 Å². The number of carboxylic acid groups (broad SMARTS) is 2. The summed E-state index contributed by atoms with van der Waals surface area (Å²) >= 11 is 0. The molecule has 2 heterocycles. The van der Waals surface area contributed by atoms with E-state index in [1.165, 1.54) is 12.1 Å². The number of aromatic nitrogens is 3. The number of nitrogens with one attached hydrogen (secondary N) is 3. The fraction of sp³-hybridized carbons (Fsp3) is 0.200. The Kier molecular flexibility index (Phi) is 6.63. The molecule has 3 rings (SSSR count). The number of aromatic amines is 1. The maximum atomic E-state index is 12.3. The Morgan fingerprint density at radius 1 is 1.16 bits per heavy atom. The minimum Gasteiger partial charge on any atom is -0.481 e. The molecule has 0 bridgehead atoms. The van der Waals surface area contributed by atoms with Gasteiger partial charge in [0.25, 0.3) is 11.5 Å². The number of benzene rings is 1. The molecular formula is C20H20N6O6. The van der Waals surface area contributed by atoms with Crippen LogP contribution in [-0.2, 0) is 16.1 Å². The third-order valence-electron chi connectivity index (χ3n) is 4.53. The molecule has 0 saturated heterocycles. The molecule has 0 spiro atoms. The van der Waals surface area contributed by atoms with Crippen LogP contribution in [-0.4, -0.2) is 49.1 Å². The highest BCUT2D eigenvalue weighted by Crippen LogP contribution is 2.13. The Hall–Kier alpha value is -4.48. The van der Waals surface area contributed by atoms with Crippen molar-refractivity contribution in [1.29, 1.82) is 0 Å². The molecule has 0 aliphatic heterocycles. The van der Waals surface area contributed by atoms with Gasteiger partial charge in [0.05, 0.1) is 5.39 Å². The number of nitrogens with zero attached hydrogens (tertiary/aromatic N) is 2. The molecule has 1 amide bonds. The number of carboxylic acids is 2. The van der Waals surface area contributed by atoms with E-state index in [4.69, 9.17) is 15.9 Å². The van der Waals surface area contributed by atoms with Crippen LogP contribution in [0.1, 0.15) is 28.8 Å². The molecule has 0 fully saturated rings. The van der Waals surface area contributed by atoms with Crippen LogP contribution in [0.5, 0.6) is 0 Å². The highest BCUT2D eigenvalue weighted by atomic mass is 16.4. The quantitative estimate of drug-likeness (QED) is 0.273. The molecule has 7 N–H and O–H groups in total. The van der Waals surface area contributed by atoms with Crippen molar-refractivity contribution >= 4 is 40.5 Å². The third-order valence-corrected chi connectivity index (χ3v) is 4.53. The molecule has 0 unspecified atom stereocenters. The summed E-state index contributed by atoms with van der Waals surface area (Å²) in [6.07, 6.45) is 0.964. The third kappa shape index (κ3) is 5.56. The Bertz CT molecular complexity index is 1220. The maximum Gasteiger partial charge on any atom is 0.326 e. The van der Waals surface area contributed by atoms with Gasteiger partial charge in [-0.25, -0.2) is 9.78 Å². The lowest BCUT2D eigenvalue weighted by Crippen LogP contribution is -2.41. The first-order valence-electron chi connectivity index (χ1n) is 9.47. The van der Waals surface area contributed by atoms with Gasteiger partial charge in [0, 0.05) is 30.4 Å². The van der Waals surface area contributed by atoms with Crippen molar-refractivity contribution < 1.29 is 24.6 Å². The number of carbonyl (C=O) groups excluding carboxylic acids is 1. The minimum atomic E-state index is -1.31. The van der Waals surface area contributed by atoms with E-state index in [0.29, 0.717) is 17.6 Å². The van der Waals surface area contributed by atoms with E-state index in [1.54, 1.807) is 24.4 Å². The average molecular weight is 440 g/mol. The number of hydrogen-bond acceptors (Lipinski definition) is 8. The maximum absolute atomic E-state index is 12.3. The number of carbonyl (C=O) groups is 3. The second kappa shape index (κ2) is 9.55. The molecule has 12 heteroatoms. The van der Waals surface area contributed by atoms with Crippen molar-refractivity contribution in [2.75, 3.05) is 11.1 Å². The molecule has 166 valence electrons. The van der Waals surface area contributed by atoms with Crippen molar-refractivity contribution in [2.45, 2.75) is 25.4 Å². The number of H-pyrrole nitrogens is 1. The SMILES string of the molecule is Nc1nc2ncc(CNc3ccc(C(=O)N[C@H](CCC(=O)O)C(=O)O)cc3)cc2c(=O)[nH]1. The van der Waals surface area contributed by atoms with Crippen LogP contribution < -0.4 is 21.9 Å².